The molecule has 29 heavy (non-hydrogen) atoms. The van der Waals surface area contributed by atoms with Gasteiger partial charge in [-0.15, -0.1) is 12.6 Å². The maximum absolute atomic E-state index is 11.7. The van der Waals surface area contributed by atoms with Gasteiger partial charge in [0.2, 0.25) is 0 Å². The van der Waals surface area contributed by atoms with Crippen LogP contribution >= 0.6 is 12.6 Å². The van der Waals surface area contributed by atoms with E-state index in [-0.39, 0.29) is 17.5 Å². The monoisotopic (exact) mass is 410 g/mol. The summed E-state index contributed by atoms with van der Waals surface area (Å²) in [6.45, 7) is 1.98. The highest BCUT2D eigenvalue weighted by Crippen LogP contribution is 2.41. The van der Waals surface area contributed by atoms with Gasteiger partial charge in [-0.3, -0.25) is 5.10 Å². The highest BCUT2D eigenvalue weighted by molar-refractivity contribution is 7.80. The van der Waals surface area contributed by atoms with Crippen LogP contribution in [0.1, 0.15) is 11.1 Å². The molecule has 8 heteroatoms. The number of carbonyl (C=O) groups is 1. The zero-order valence-corrected chi connectivity index (χ0v) is 17.2. The van der Waals surface area contributed by atoms with Crippen LogP contribution in [0.3, 0.4) is 0 Å². The van der Waals surface area contributed by atoms with Crippen LogP contribution in [0.2, 0.25) is 0 Å². The number of phenolic OH excluding ortho intramolecular Hbond substituents is 2. The molecule has 0 spiro atoms. The number of nitrogens with zero attached hydrogens (tertiary/aromatic N) is 3. The number of amides is 2. The van der Waals surface area contributed by atoms with E-state index in [1.54, 1.807) is 26.4 Å². The zero-order valence-electron chi connectivity index (χ0n) is 16.3. The van der Waals surface area contributed by atoms with Crippen LogP contribution in [0.5, 0.6) is 11.5 Å². The molecule has 0 bridgehead atoms. The summed E-state index contributed by atoms with van der Waals surface area (Å²) in [5.41, 5.74) is 4.67. The molecule has 0 aliphatic carbocycles. The normalized spacial score (nSPS) is 11.2. The molecular formula is C21H22N4O3S. The first-order valence-corrected chi connectivity index (χ1v) is 9.36. The number of aliphatic imine (C=N–C) groups is 1. The lowest BCUT2D eigenvalue weighted by atomic mass is 9.92. The lowest BCUT2D eigenvalue weighted by Crippen LogP contribution is -2.17. The highest BCUT2D eigenvalue weighted by Gasteiger charge is 2.20. The second-order valence-corrected chi connectivity index (χ2v) is 7.22. The summed E-state index contributed by atoms with van der Waals surface area (Å²) in [6, 6.07) is 9.90. The Bertz CT molecular complexity index is 1090. The van der Waals surface area contributed by atoms with E-state index in [0.29, 0.717) is 22.7 Å². The maximum Gasteiger partial charge on any atom is 0.342 e. The molecule has 2 aromatic carbocycles. The number of thiol groups is 1. The van der Waals surface area contributed by atoms with E-state index in [4.69, 9.17) is 0 Å². The van der Waals surface area contributed by atoms with Gasteiger partial charge < -0.3 is 15.1 Å². The smallest absolute Gasteiger partial charge is 0.342 e. The number of nitrogens with one attached hydrogen (secondary N) is 1. The van der Waals surface area contributed by atoms with Crippen LogP contribution < -0.4 is 0 Å². The number of rotatable bonds is 4. The minimum atomic E-state index is -0.326. The molecule has 150 valence electrons. The number of aryl methyl sites for hydroxylation is 1. The van der Waals surface area contributed by atoms with Gasteiger partial charge in [0.25, 0.3) is 0 Å². The van der Waals surface area contributed by atoms with Gasteiger partial charge in [0.05, 0.1) is 5.69 Å². The Balaban J connectivity index is 2.10. The van der Waals surface area contributed by atoms with Crippen LogP contribution in [0.15, 0.2) is 46.4 Å². The van der Waals surface area contributed by atoms with Crippen LogP contribution in [0, 0.1) is 6.92 Å². The van der Waals surface area contributed by atoms with Crippen molar-refractivity contribution in [3.8, 4) is 33.9 Å². The molecule has 1 aromatic heterocycles. The van der Waals surface area contributed by atoms with Crippen LogP contribution in [0.4, 0.5) is 4.79 Å². The van der Waals surface area contributed by atoms with Crippen molar-refractivity contribution in [1.29, 1.82) is 0 Å². The molecule has 3 N–H and O–H groups in total. The number of urea groups is 1. The average Bonchev–Trinajstić information content (AvgIpc) is 3.03. The van der Waals surface area contributed by atoms with Crippen molar-refractivity contribution in [2.24, 2.45) is 4.99 Å². The van der Waals surface area contributed by atoms with Crippen molar-refractivity contribution in [2.75, 3.05) is 14.1 Å². The Kier molecular flexibility index (Phi) is 5.93. The number of phenols is 2. The Hall–Kier alpha value is -3.26. The molecule has 0 unspecified atom stereocenters. The SMILES string of the molecule is Cc1cccc(-c2c(S)n[nH]c2-c2ccc(O)cc2O)c1C/C=N/C(=O)N(C)C. The summed E-state index contributed by atoms with van der Waals surface area (Å²) < 4.78 is 0. The summed E-state index contributed by atoms with van der Waals surface area (Å²) in [6.07, 6.45) is 2.03. The fraction of sp³-hybridized carbons (Fsp3) is 0.190. The van der Waals surface area contributed by atoms with Gasteiger partial charge in [0.1, 0.15) is 16.5 Å². The molecule has 3 aromatic rings. The van der Waals surface area contributed by atoms with Crippen molar-refractivity contribution in [2.45, 2.75) is 18.4 Å². The van der Waals surface area contributed by atoms with Crippen molar-refractivity contribution < 1.29 is 15.0 Å². The van der Waals surface area contributed by atoms with Gasteiger partial charge >= 0.3 is 6.03 Å². The third-order valence-corrected chi connectivity index (χ3v) is 4.88. The number of carbonyl (C=O) groups excluding carboxylic acids is 1. The molecule has 3 rings (SSSR count). The van der Waals surface area contributed by atoms with Crippen molar-refractivity contribution in [1.82, 2.24) is 15.1 Å². The van der Waals surface area contributed by atoms with E-state index in [2.05, 4.69) is 27.8 Å². The zero-order chi connectivity index (χ0) is 21.1. The van der Waals surface area contributed by atoms with Crippen molar-refractivity contribution in [3.05, 3.63) is 47.5 Å². The molecule has 0 saturated carbocycles. The van der Waals surface area contributed by atoms with Crippen LogP contribution in [-0.2, 0) is 6.42 Å². The maximum atomic E-state index is 11.7. The molecule has 2 amide bonds. The second kappa shape index (κ2) is 8.40. The number of aromatic hydroxyl groups is 2. The molecule has 1 heterocycles. The number of hydrogen-bond acceptors (Lipinski definition) is 5. The Morgan fingerprint density at radius 3 is 2.69 bits per heavy atom. The minimum Gasteiger partial charge on any atom is -0.508 e. The summed E-state index contributed by atoms with van der Waals surface area (Å²) in [7, 11) is 3.29. The number of aromatic amines is 1. The standard InChI is InChI=1S/C21H22N4O3S/c1-12-5-4-6-15(14(12)9-10-22-21(28)25(2)3)18-19(23-24-20(18)29)16-8-7-13(26)11-17(16)27/h4-8,10-11,26-27H,9H2,1-3H3,(H2,23,24,29)/b22-10+. The van der Waals surface area contributed by atoms with Gasteiger partial charge in [0, 0.05) is 43.9 Å². The average molecular weight is 410 g/mol. The predicted octanol–water partition coefficient (Wildman–Crippen LogP) is 4.05. The predicted molar refractivity (Wildman–Crippen MR) is 116 cm³/mol. The quantitative estimate of drug-likeness (QED) is 0.385. The van der Waals surface area contributed by atoms with Crippen LogP contribution in [-0.4, -0.2) is 51.7 Å². The second-order valence-electron chi connectivity index (χ2n) is 6.79. The van der Waals surface area contributed by atoms with Gasteiger partial charge in [-0.25, -0.2) is 9.79 Å². The fourth-order valence-corrected chi connectivity index (χ4v) is 3.33. The highest BCUT2D eigenvalue weighted by atomic mass is 32.1. The van der Waals surface area contributed by atoms with E-state index in [1.165, 1.54) is 17.0 Å². The first-order valence-electron chi connectivity index (χ1n) is 8.92. The summed E-state index contributed by atoms with van der Waals surface area (Å²) in [5.74, 6) is -0.105. The first kappa shape index (κ1) is 20.5. The van der Waals surface area contributed by atoms with Crippen molar-refractivity contribution >= 4 is 24.9 Å². The Labute approximate surface area is 174 Å². The molecule has 0 aliphatic rings. The van der Waals surface area contributed by atoms with Gasteiger partial charge in [0.15, 0.2) is 0 Å². The lowest BCUT2D eigenvalue weighted by Gasteiger charge is -2.13. The van der Waals surface area contributed by atoms with Crippen LogP contribution in [0.25, 0.3) is 22.4 Å². The lowest BCUT2D eigenvalue weighted by molar-refractivity contribution is 0.227. The first-order chi connectivity index (χ1) is 13.8. The summed E-state index contributed by atoms with van der Waals surface area (Å²) in [4.78, 5) is 17.1. The third kappa shape index (κ3) is 4.27. The molecule has 0 radical (unpaired) electrons. The van der Waals surface area contributed by atoms with Gasteiger partial charge in [-0.05, 0) is 35.7 Å². The Morgan fingerprint density at radius 2 is 2.00 bits per heavy atom. The minimum absolute atomic E-state index is 0.0311. The van der Waals surface area contributed by atoms with E-state index in [1.807, 2.05) is 25.1 Å². The number of hydrogen-bond donors (Lipinski definition) is 4. The molecule has 7 nitrogen and oxygen atoms in total. The molecule has 0 saturated heterocycles. The Morgan fingerprint density at radius 1 is 1.24 bits per heavy atom. The van der Waals surface area contributed by atoms with Gasteiger partial charge in [-0.2, -0.15) is 5.10 Å². The number of H-pyrrole nitrogens is 1. The summed E-state index contributed by atoms with van der Waals surface area (Å²) >= 11 is 4.50. The third-order valence-electron chi connectivity index (χ3n) is 4.56. The molecule has 0 fully saturated rings. The van der Waals surface area contributed by atoms with E-state index in [0.717, 1.165) is 22.3 Å². The number of aromatic nitrogens is 2. The van der Waals surface area contributed by atoms with E-state index < -0.39 is 0 Å². The molecule has 0 aliphatic heterocycles. The topological polar surface area (TPSA) is 102 Å². The fourth-order valence-electron chi connectivity index (χ4n) is 3.05. The van der Waals surface area contributed by atoms with Gasteiger partial charge in [-0.1, -0.05) is 18.2 Å². The van der Waals surface area contributed by atoms with Crippen molar-refractivity contribution in [3.63, 3.8) is 0 Å². The number of benzene rings is 2. The summed E-state index contributed by atoms with van der Waals surface area (Å²) in [5, 5.41) is 27.5. The molecular weight excluding hydrogens is 388 g/mol. The largest absolute Gasteiger partial charge is 0.508 e. The van der Waals surface area contributed by atoms with E-state index >= 15 is 0 Å². The molecule has 0 atom stereocenters. The van der Waals surface area contributed by atoms with E-state index in [9.17, 15) is 15.0 Å².